The van der Waals surface area contributed by atoms with Crippen molar-refractivity contribution in [1.29, 1.82) is 0 Å². The molecular weight excluding hydrogens is 204 g/mol. The monoisotopic (exact) mass is 228 g/mol. The number of rotatable bonds is 3. The van der Waals surface area contributed by atoms with Gasteiger partial charge in [0.1, 0.15) is 0 Å². The molecule has 0 aromatic carbocycles. The van der Waals surface area contributed by atoms with E-state index in [-0.39, 0.29) is 12.4 Å². The molecule has 0 aliphatic carbocycles. The fraction of sp³-hybridized carbons (Fsp3) is 1.00. The minimum atomic E-state index is -0.0184. The fourth-order valence-electron chi connectivity index (χ4n) is 2.57. The van der Waals surface area contributed by atoms with E-state index in [0.717, 1.165) is 6.54 Å². The molecule has 0 aromatic heterocycles. The SMILES string of the molecule is CC(C)N1CCCC(C2OCC(CN)O2)C1. The van der Waals surface area contributed by atoms with Gasteiger partial charge in [0.25, 0.3) is 0 Å². The van der Waals surface area contributed by atoms with Gasteiger partial charge in [-0.2, -0.15) is 0 Å². The highest BCUT2D eigenvalue weighted by Crippen LogP contribution is 2.27. The molecule has 3 atom stereocenters. The maximum absolute atomic E-state index is 5.80. The summed E-state index contributed by atoms with van der Waals surface area (Å²) in [6.45, 7) is 8.04. The van der Waals surface area contributed by atoms with Crippen LogP contribution >= 0.6 is 0 Å². The molecule has 2 heterocycles. The quantitative estimate of drug-likeness (QED) is 0.776. The lowest BCUT2D eigenvalue weighted by atomic mass is 9.96. The van der Waals surface area contributed by atoms with E-state index in [1.165, 1.54) is 19.4 Å². The average Bonchev–Trinajstić information content (AvgIpc) is 2.77. The molecular formula is C12H24N2O2. The second-order valence-corrected chi connectivity index (χ2v) is 5.19. The van der Waals surface area contributed by atoms with Crippen molar-refractivity contribution in [3.05, 3.63) is 0 Å². The molecule has 16 heavy (non-hydrogen) atoms. The predicted octanol–water partition coefficient (Wildman–Crippen LogP) is 0.807. The van der Waals surface area contributed by atoms with Crippen LogP contribution in [0.3, 0.4) is 0 Å². The van der Waals surface area contributed by atoms with Gasteiger partial charge in [0.15, 0.2) is 6.29 Å². The number of likely N-dealkylation sites (tertiary alicyclic amines) is 1. The molecule has 4 heteroatoms. The highest BCUT2D eigenvalue weighted by molar-refractivity contribution is 4.80. The lowest BCUT2D eigenvalue weighted by Crippen LogP contribution is -2.44. The van der Waals surface area contributed by atoms with Crippen LogP contribution in [0.2, 0.25) is 0 Å². The predicted molar refractivity (Wildman–Crippen MR) is 63.1 cm³/mol. The van der Waals surface area contributed by atoms with Crippen molar-refractivity contribution in [3.63, 3.8) is 0 Å². The van der Waals surface area contributed by atoms with Crippen molar-refractivity contribution in [2.45, 2.75) is 45.1 Å². The summed E-state index contributed by atoms with van der Waals surface area (Å²) in [5, 5.41) is 0. The maximum atomic E-state index is 5.80. The van der Waals surface area contributed by atoms with Crippen LogP contribution in [-0.4, -0.2) is 49.6 Å². The Labute approximate surface area is 98.1 Å². The number of ether oxygens (including phenoxy) is 2. The Morgan fingerprint density at radius 3 is 2.88 bits per heavy atom. The van der Waals surface area contributed by atoms with E-state index >= 15 is 0 Å². The number of piperidine rings is 1. The van der Waals surface area contributed by atoms with Crippen LogP contribution in [-0.2, 0) is 9.47 Å². The molecule has 3 unspecified atom stereocenters. The van der Waals surface area contributed by atoms with Crippen LogP contribution in [0.25, 0.3) is 0 Å². The van der Waals surface area contributed by atoms with E-state index in [2.05, 4.69) is 18.7 Å². The van der Waals surface area contributed by atoms with Gasteiger partial charge in [-0.05, 0) is 33.2 Å². The van der Waals surface area contributed by atoms with Gasteiger partial charge in [0.2, 0.25) is 0 Å². The zero-order valence-corrected chi connectivity index (χ0v) is 10.4. The van der Waals surface area contributed by atoms with Crippen molar-refractivity contribution in [1.82, 2.24) is 4.90 Å². The van der Waals surface area contributed by atoms with E-state index in [1.807, 2.05) is 0 Å². The van der Waals surface area contributed by atoms with E-state index in [9.17, 15) is 0 Å². The minimum Gasteiger partial charge on any atom is -0.350 e. The van der Waals surface area contributed by atoms with Gasteiger partial charge in [-0.3, -0.25) is 0 Å². The first-order valence-electron chi connectivity index (χ1n) is 6.42. The Hall–Kier alpha value is -0.160. The Morgan fingerprint density at radius 2 is 2.25 bits per heavy atom. The van der Waals surface area contributed by atoms with Gasteiger partial charge >= 0.3 is 0 Å². The topological polar surface area (TPSA) is 47.7 Å². The molecule has 2 rings (SSSR count). The smallest absolute Gasteiger partial charge is 0.162 e. The van der Waals surface area contributed by atoms with E-state index < -0.39 is 0 Å². The second-order valence-electron chi connectivity index (χ2n) is 5.19. The van der Waals surface area contributed by atoms with Crippen LogP contribution in [0.1, 0.15) is 26.7 Å². The van der Waals surface area contributed by atoms with E-state index in [0.29, 0.717) is 25.1 Å². The summed E-state index contributed by atoms with van der Waals surface area (Å²) in [6, 6.07) is 0.620. The number of hydrogen-bond acceptors (Lipinski definition) is 4. The zero-order valence-electron chi connectivity index (χ0n) is 10.4. The third-order valence-corrected chi connectivity index (χ3v) is 3.64. The highest BCUT2D eigenvalue weighted by atomic mass is 16.7. The van der Waals surface area contributed by atoms with Crippen molar-refractivity contribution >= 4 is 0 Å². The summed E-state index contributed by atoms with van der Waals surface area (Å²) in [5.41, 5.74) is 5.59. The molecule has 0 amide bonds. The molecule has 0 radical (unpaired) electrons. The van der Waals surface area contributed by atoms with E-state index in [1.54, 1.807) is 0 Å². The first-order chi connectivity index (χ1) is 7.70. The first kappa shape index (κ1) is 12.3. The number of nitrogens with two attached hydrogens (primary N) is 1. The van der Waals surface area contributed by atoms with Crippen LogP contribution in [0.5, 0.6) is 0 Å². The zero-order chi connectivity index (χ0) is 11.5. The summed E-state index contributed by atoms with van der Waals surface area (Å²) >= 11 is 0. The van der Waals surface area contributed by atoms with Gasteiger partial charge in [0.05, 0.1) is 12.7 Å². The van der Waals surface area contributed by atoms with Crippen LogP contribution in [0.15, 0.2) is 0 Å². The molecule has 2 aliphatic rings. The standard InChI is InChI=1S/C12H24N2O2/c1-9(2)14-5-3-4-10(7-14)12-15-8-11(6-13)16-12/h9-12H,3-8,13H2,1-2H3. The molecule has 2 aliphatic heterocycles. The normalized spacial score (nSPS) is 37.1. The van der Waals surface area contributed by atoms with Crippen molar-refractivity contribution in [2.24, 2.45) is 11.7 Å². The number of hydrogen-bond donors (Lipinski definition) is 1. The third-order valence-electron chi connectivity index (χ3n) is 3.64. The summed E-state index contributed by atoms with van der Waals surface area (Å²) < 4.78 is 11.5. The molecule has 94 valence electrons. The number of nitrogens with zero attached hydrogens (tertiary/aromatic N) is 1. The highest BCUT2D eigenvalue weighted by Gasteiger charge is 2.34. The van der Waals surface area contributed by atoms with Gasteiger partial charge in [0, 0.05) is 25.0 Å². The van der Waals surface area contributed by atoms with Crippen molar-refractivity contribution in [3.8, 4) is 0 Å². The molecule has 0 aromatic rings. The Balaban J connectivity index is 1.85. The fourth-order valence-corrected chi connectivity index (χ4v) is 2.57. The van der Waals surface area contributed by atoms with Crippen molar-refractivity contribution in [2.75, 3.05) is 26.2 Å². The van der Waals surface area contributed by atoms with Crippen LogP contribution in [0, 0.1) is 5.92 Å². The van der Waals surface area contributed by atoms with Crippen molar-refractivity contribution < 1.29 is 9.47 Å². The molecule has 0 spiro atoms. The van der Waals surface area contributed by atoms with Crippen LogP contribution < -0.4 is 5.73 Å². The molecule has 0 saturated carbocycles. The largest absolute Gasteiger partial charge is 0.350 e. The minimum absolute atomic E-state index is 0.0184. The lowest BCUT2D eigenvalue weighted by Gasteiger charge is -2.37. The molecule has 2 fully saturated rings. The molecule has 0 bridgehead atoms. The Kier molecular flexibility index (Phi) is 4.19. The second kappa shape index (κ2) is 5.45. The Bertz CT molecular complexity index is 223. The summed E-state index contributed by atoms with van der Waals surface area (Å²) in [5.74, 6) is 0.521. The molecule has 2 saturated heterocycles. The summed E-state index contributed by atoms with van der Waals surface area (Å²) in [6.07, 6.45) is 2.55. The third kappa shape index (κ3) is 2.74. The summed E-state index contributed by atoms with van der Waals surface area (Å²) in [7, 11) is 0. The van der Waals surface area contributed by atoms with Crippen LogP contribution in [0.4, 0.5) is 0 Å². The van der Waals surface area contributed by atoms with Gasteiger partial charge in [-0.15, -0.1) is 0 Å². The molecule has 4 nitrogen and oxygen atoms in total. The van der Waals surface area contributed by atoms with E-state index in [4.69, 9.17) is 15.2 Å². The van der Waals surface area contributed by atoms with Gasteiger partial charge in [-0.25, -0.2) is 0 Å². The van der Waals surface area contributed by atoms with Gasteiger partial charge < -0.3 is 20.1 Å². The average molecular weight is 228 g/mol. The molecule has 2 N–H and O–H groups in total. The maximum Gasteiger partial charge on any atom is 0.162 e. The first-order valence-corrected chi connectivity index (χ1v) is 6.42. The Morgan fingerprint density at radius 1 is 1.44 bits per heavy atom. The summed E-state index contributed by atoms with van der Waals surface area (Å²) in [4.78, 5) is 2.51. The lowest BCUT2D eigenvalue weighted by molar-refractivity contribution is -0.112. The van der Waals surface area contributed by atoms with Gasteiger partial charge in [-0.1, -0.05) is 0 Å².